The van der Waals surface area contributed by atoms with Gasteiger partial charge in [-0.15, -0.1) is 0 Å². The zero-order chi connectivity index (χ0) is 13.0. The molecular weight excluding hydrogens is 319 g/mol. The zero-order valence-corrected chi connectivity index (χ0v) is 11.5. The molecule has 0 aliphatic heterocycles. The number of nitrogens with zero attached hydrogens (tertiary/aromatic N) is 1. The van der Waals surface area contributed by atoms with Crippen LogP contribution in [0.1, 0.15) is 15.9 Å². The van der Waals surface area contributed by atoms with E-state index in [1.165, 1.54) is 35.6 Å². The molecule has 2 rings (SSSR count). The molecule has 3 nitrogen and oxygen atoms in total. The highest BCUT2D eigenvalue weighted by Gasteiger charge is 2.03. The topological polar surface area (TPSA) is 41.5 Å². The molecule has 0 unspecified atom stereocenters. The monoisotopic (exact) mass is 326 g/mol. The number of carbonyl (C=O) groups excluding carboxylic acids is 1. The second-order valence-electron chi connectivity index (χ2n) is 3.38. The van der Waals surface area contributed by atoms with E-state index in [1.54, 1.807) is 6.21 Å². The lowest BCUT2D eigenvalue weighted by atomic mass is 10.2. The first-order valence-corrected chi connectivity index (χ1v) is 6.71. The van der Waals surface area contributed by atoms with Crippen LogP contribution in [0, 0.1) is 5.82 Å². The Balaban J connectivity index is 1.98. The third-order valence-corrected chi connectivity index (χ3v) is 3.87. The molecule has 0 fully saturated rings. The molecule has 0 saturated carbocycles. The highest BCUT2D eigenvalue weighted by Crippen LogP contribution is 2.19. The zero-order valence-electron chi connectivity index (χ0n) is 9.06. The second-order valence-corrected chi connectivity index (χ2v) is 4.98. The summed E-state index contributed by atoms with van der Waals surface area (Å²) in [6, 6.07) is 5.27. The maximum absolute atomic E-state index is 12.7. The summed E-state index contributed by atoms with van der Waals surface area (Å²) in [6.07, 6.45) is 1.54. The van der Waals surface area contributed by atoms with E-state index in [9.17, 15) is 9.18 Å². The summed E-state index contributed by atoms with van der Waals surface area (Å²) in [7, 11) is 0. The molecule has 2 aromatic rings. The number of carbonyl (C=O) groups is 1. The molecule has 0 atom stereocenters. The quantitative estimate of drug-likeness (QED) is 0.681. The van der Waals surface area contributed by atoms with Crippen molar-refractivity contribution in [1.29, 1.82) is 0 Å². The molecule has 0 spiro atoms. The van der Waals surface area contributed by atoms with Crippen molar-refractivity contribution < 1.29 is 9.18 Å². The Kier molecular flexibility index (Phi) is 4.22. The Morgan fingerprint density at radius 1 is 1.33 bits per heavy atom. The molecule has 1 aromatic heterocycles. The molecule has 92 valence electrons. The third kappa shape index (κ3) is 3.24. The van der Waals surface area contributed by atoms with E-state index in [0.29, 0.717) is 5.56 Å². The summed E-state index contributed by atoms with van der Waals surface area (Å²) < 4.78 is 13.6. The summed E-state index contributed by atoms with van der Waals surface area (Å²) in [5, 5.41) is 7.65. The van der Waals surface area contributed by atoms with Gasteiger partial charge in [0, 0.05) is 26.4 Å². The van der Waals surface area contributed by atoms with Gasteiger partial charge in [0.2, 0.25) is 0 Å². The minimum absolute atomic E-state index is 0.359. The van der Waals surface area contributed by atoms with Crippen LogP contribution >= 0.6 is 27.3 Å². The first-order valence-electron chi connectivity index (χ1n) is 4.97. The van der Waals surface area contributed by atoms with E-state index in [4.69, 9.17) is 0 Å². The molecule has 1 amide bonds. The van der Waals surface area contributed by atoms with E-state index in [-0.39, 0.29) is 11.7 Å². The molecule has 0 aliphatic rings. The number of amides is 1. The predicted octanol–water partition coefficient (Wildman–Crippen LogP) is 3.41. The van der Waals surface area contributed by atoms with E-state index < -0.39 is 0 Å². The Morgan fingerprint density at radius 3 is 2.67 bits per heavy atom. The highest BCUT2D eigenvalue weighted by molar-refractivity contribution is 9.10. The molecule has 6 heteroatoms. The molecular formula is C12H8BrFN2OS. The number of thiophene rings is 1. The van der Waals surface area contributed by atoms with Crippen molar-refractivity contribution in [2.75, 3.05) is 0 Å². The third-order valence-electron chi connectivity index (χ3n) is 2.12. The average Bonchev–Trinajstić information content (AvgIpc) is 2.76. The summed E-state index contributed by atoms with van der Waals surface area (Å²) in [5.74, 6) is -0.755. The van der Waals surface area contributed by atoms with Crippen molar-refractivity contribution in [1.82, 2.24) is 5.43 Å². The highest BCUT2D eigenvalue weighted by atomic mass is 79.9. The lowest BCUT2D eigenvalue weighted by Crippen LogP contribution is -2.17. The fraction of sp³-hybridized carbons (Fsp3) is 0. The van der Waals surface area contributed by atoms with Crippen molar-refractivity contribution in [3.63, 3.8) is 0 Å². The van der Waals surface area contributed by atoms with Crippen LogP contribution < -0.4 is 5.43 Å². The summed E-state index contributed by atoms with van der Waals surface area (Å²) >= 11 is 4.88. The fourth-order valence-corrected chi connectivity index (χ4v) is 2.56. The summed E-state index contributed by atoms with van der Waals surface area (Å²) in [5.41, 5.74) is 3.62. The largest absolute Gasteiger partial charge is 0.271 e. The van der Waals surface area contributed by atoms with Gasteiger partial charge in [-0.1, -0.05) is 0 Å². The summed E-state index contributed by atoms with van der Waals surface area (Å²) in [6.45, 7) is 0. The van der Waals surface area contributed by atoms with Crippen LogP contribution in [0.3, 0.4) is 0 Å². The number of nitrogens with one attached hydrogen (secondary N) is 1. The SMILES string of the molecule is O=C(N/N=C\c1cscc1Br)c1ccc(F)cc1. The average molecular weight is 327 g/mol. The molecule has 1 heterocycles. The van der Waals surface area contributed by atoms with Gasteiger partial charge in [-0.05, 0) is 40.2 Å². The number of hydrazone groups is 1. The predicted molar refractivity (Wildman–Crippen MR) is 73.5 cm³/mol. The molecule has 0 bridgehead atoms. The van der Waals surface area contributed by atoms with Gasteiger partial charge in [-0.25, -0.2) is 9.82 Å². The number of hydrogen-bond donors (Lipinski definition) is 1. The fourth-order valence-electron chi connectivity index (χ4n) is 1.21. The van der Waals surface area contributed by atoms with Crippen molar-refractivity contribution in [3.05, 3.63) is 56.4 Å². The maximum atomic E-state index is 12.7. The number of benzene rings is 1. The first-order chi connectivity index (χ1) is 8.66. The Hall–Kier alpha value is -1.53. The van der Waals surface area contributed by atoms with Crippen LogP contribution in [0.15, 0.2) is 44.6 Å². The van der Waals surface area contributed by atoms with Crippen molar-refractivity contribution in [2.24, 2.45) is 5.10 Å². The first kappa shape index (κ1) is 12.9. The van der Waals surface area contributed by atoms with Crippen LogP contribution in [0.2, 0.25) is 0 Å². The van der Waals surface area contributed by atoms with E-state index in [2.05, 4.69) is 26.5 Å². The standard InChI is InChI=1S/C12H8BrFN2OS/c13-11-7-18-6-9(11)5-15-16-12(17)8-1-3-10(14)4-2-8/h1-7H,(H,16,17)/b15-5-. The summed E-state index contributed by atoms with van der Waals surface area (Å²) in [4.78, 5) is 11.6. The minimum atomic E-state index is -0.378. The lowest BCUT2D eigenvalue weighted by Gasteiger charge is -1.98. The van der Waals surface area contributed by atoms with Crippen LogP contribution in [0.25, 0.3) is 0 Å². The van der Waals surface area contributed by atoms with Crippen LogP contribution in [-0.2, 0) is 0 Å². The maximum Gasteiger partial charge on any atom is 0.271 e. The van der Waals surface area contributed by atoms with Crippen molar-refractivity contribution in [2.45, 2.75) is 0 Å². The van der Waals surface area contributed by atoms with Gasteiger partial charge >= 0.3 is 0 Å². The molecule has 0 aliphatic carbocycles. The molecule has 1 aromatic carbocycles. The number of rotatable bonds is 3. The van der Waals surface area contributed by atoms with Crippen molar-refractivity contribution >= 4 is 39.4 Å². The second kappa shape index (κ2) is 5.88. The van der Waals surface area contributed by atoms with Gasteiger partial charge in [0.15, 0.2) is 0 Å². The molecule has 0 saturated heterocycles. The minimum Gasteiger partial charge on any atom is -0.267 e. The van der Waals surface area contributed by atoms with Crippen LogP contribution in [0.5, 0.6) is 0 Å². The van der Waals surface area contributed by atoms with Gasteiger partial charge in [0.1, 0.15) is 5.82 Å². The number of hydrogen-bond acceptors (Lipinski definition) is 3. The van der Waals surface area contributed by atoms with Crippen LogP contribution in [0.4, 0.5) is 4.39 Å². The number of halogens is 2. The normalized spacial score (nSPS) is 10.8. The molecule has 0 radical (unpaired) electrons. The van der Waals surface area contributed by atoms with Crippen LogP contribution in [-0.4, -0.2) is 12.1 Å². The molecule has 1 N–H and O–H groups in total. The Labute approximate surface area is 115 Å². The van der Waals surface area contributed by atoms with Gasteiger partial charge in [0.05, 0.1) is 6.21 Å². The molecule has 18 heavy (non-hydrogen) atoms. The van der Waals surface area contributed by atoms with Gasteiger partial charge < -0.3 is 0 Å². The van der Waals surface area contributed by atoms with Crippen molar-refractivity contribution in [3.8, 4) is 0 Å². The van der Waals surface area contributed by atoms with E-state index >= 15 is 0 Å². The van der Waals surface area contributed by atoms with Gasteiger partial charge in [0.25, 0.3) is 5.91 Å². The lowest BCUT2D eigenvalue weighted by molar-refractivity contribution is 0.0955. The van der Waals surface area contributed by atoms with E-state index in [0.717, 1.165) is 10.0 Å². The Bertz CT molecular complexity index is 580. The Morgan fingerprint density at radius 2 is 2.06 bits per heavy atom. The van der Waals surface area contributed by atoms with Gasteiger partial charge in [-0.2, -0.15) is 16.4 Å². The smallest absolute Gasteiger partial charge is 0.267 e. The van der Waals surface area contributed by atoms with E-state index in [1.807, 2.05) is 10.8 Å². The van der Waals surface area contributed by atoms with Gasteiger partial charge in [-0.3, -0.25) is 4.79 Å².